The lowest BCUT2D eigenvalue weighted by atomic mass is 9.58. The highest BCUT2D eigenvalue weighted by Gasteiger charge is 2.67. The Kier molecular flexibility index (Phi) is 8.87. The zero-order chi connectivity index (χ0) is 37.3. The number of fused-ring (bicyclic) bond motifs is 5. The van der Waals surface area contributed by atoms with Crippen molar-refractivity contribution in [1.29, 1.82) is 0 Å². The van der Waals surface area contributed by atoms with Crippen LogP contribution in [0.4, 0.5) is 0 Å². The minimum Gasteiger partial charge on any atom is -0.508 e. The van der Waals surface area contributed by atoms with E-state index >= 15 is 9.59 Å². The molecule has 0 fully saturated rings. The summed E-state index contributed by atoms with van der Waals surface area (Å²) in [5, 5.41) is 18.7. The van der Waals surface area contributed by atoms with Crippen molar-refractivity contribution in [2.24, 2.45) is 11.8 Å². The molecule has 0 saturated carbocycles. The lowest BCUT2D eigenvalue weighted by Crippen LogP contribution is -2.65. The summed E-state index contributed by atoms with van der Waals surface area (Å²) in [4.78, 5) is 32.5. The van der Waals surface area contributed by atoms with Crippen LogP contribution in [0.1, 0.15) is 76.4 Å². The molecule has 4 atom stereocenters. The first kappa shape index (κ1) is 35.9. The van der Waals surface area contributed by atoms with Crippen molar-refractivity contribution in [3.05, 3.63) is 112 Å². The van der Waals surface area contributed by atoms with Crippen LogP contribution in [-0.4, -0.2) is 61.4 Å². The van der Waals surface area contributed by atoms with Gasteiger partial charge in [0.05, 0.1) is 6.04 Å². The third-order valence-corrected chi connectivity index (χ3v) is 16.2. The van der Waals surface area contributed by atoms with Crippen molar-refractivity contribution in [1.82, 2.24) is 10.1 Å². The maximum Gasteiger partial charge on any atom is 0.265 e. The van der Waals surface area contributed by atoms with E-state index in [1.807, 2.05) is 80.5 Å². The molecular weight excluding hydrogens is 673 g/mol. The summed E-state index contributed by atoms with van der Waals surface area (Å²) >= 11 is 0. The Labute approximate surface area is 306 Å². The van der Waals surface area contributed by atoms with Gasteiger partial charge in [-0.1, -0.05) is 88.0 Å². The fourth-order valence-electron chi connectivity index (χ4n) is 8.31. The van der Waals surface area contributed by atoms with E-state index in [4.69, 9.17) is 18.4 Å². The van der Waals surface area contributed by atoms with Crippen molar-refractivity contribution < 1.29 is 33.1 Å². The predicted octanol–water partition coefficient (Wildman–Crippen LogP) is 8.73. The number of benzene rings is 3. The average molecular weight is 721 g/mol. The van der Waals surface area contributed by atoms with E-state index in [2.05, 4.69) is 45.6 Å². The van der Waals surface area contributed by atoms with Gasteiger partial charge >= 0.3 is 0 Å². The fraction of sp³-hybridized carbons (Fsp3) is 0.405. The molecule has 1 heterocycles. The van der Waals surface area contributed by atoms with Crippen LogP contribution in [0.25, 0.3) is 10.8 Å². The molecule has 7 rings (SSSR count). The molecule has 0 radical (unpaired) electrons. The van der Waals surface area contributed by atoms with Crippen molar-refractivity contribution in [2.45, 2.75) is 76.9 Å². The van der Waals surface area contributed by atoms with Crippen molar-refractivity contribution >= 4 is 30.7 Å². The summed E-state index contributed by atoms with van der Waals surface area (Å²) in [6.07, 6.45) is 2.51. The highest BCUT2D eigenvalue weighted by Crippen LogP contribution is 2.60. The number of aliphatic hydroxyl groups excluding tert-OH is 1. The highest BCUT2D eigenvalue weighted by atomic mass is 28.4. The van der Waals surface area contributed by atoms with Gasteiger partial charge in [-0.2, -0.15) is 0 Å². The molecule has 0 aliphatic heterocycles. The van der Waals surface area contributed by atoms with Crippen LogP contribution in [0, 0.1) is 18.8 Å². The van der Waals surface area contributed by atoms with Crippen LogP contribution < -0.4 is 9.47 Å². The standard InChI is InChI=1S/C42H48N2O7Si/c1-10-20-48-36-28-19-15-14-18-27(28)24(2)31-29(36)21-26-22-30-34(44(6)7)37-33(40(43-50-37)49-23-25-16-12-11-13-17-25)39(47)42(30,38(46)32(26)35(31)45)51-52(8,9)41(3,4)5/h10-19,26,30,34,46H,1,20-23H2,2-9H3/t26-,30-,34-,42-/m0/s1. The molecule has 3 aliphatic carbocycles. The van der Waals surface area contributed by atoms with Crippen LogP contribution in [0.3, 0.4) is 0 Å². The quantitative estimate of drug-likeness (QED) is 0.134. The van der Waals surface area contributed by atoms with E-state index in [0.717, 1.165) is 27.5 Å². The Morgan fingerprint density at radius 1 is 1.04 bits per heavy atom. The van der Waals surface area contributed by atoms with Crippen molar-refractivity contribution in [3.63, 3.8) is 0 Å². The number of hydrogen-bond donors (Lipinski definition) is 1. The van der Waals surface area contributed by atoms with Gasteiger partial charge in [-0.25, -0.2) is 0 Å². The smallest absolute Gasteiger partial charge is 0.265 e. The summed E-state index contributed by atoms with van der Waals surface area (Å²) in [6.45, 7) is 16.6. The number of rotatable bonds is 9. The second kappa shape index (κ2) is 12.9. The maximum atomic E-state index is 15.5. The van der Waals surface area contributed by atoms with Crippen LogP contribution in [0.5, 0.6) is 11.6 Å². The van der Waals surface area contributed by atoms with Crippen LogP contribution in [-0.2, 0) is 17.5 Å². The Bertz CT molecular complexity index is 2130. The van der Waals surface area contributed by atoms with Crippen LogP contribution >= 0.6 is 0 Å². The van der Waals surface area contributed by atoms with Gasteiger partial charge in [-0.3, -0.25) is 14.5 Å². The summed E-state index contributed by atoms with van der Waals surface area (Å²) in [6, 6.07) is 17.0. The van der Waals surface area contributed by atoms with Gasteiger partial charge in [0.1, 0.15) is 30.3 Å². The van der Waals surface area contributed by atoms with Gasteiger partial charge in [0.2, 0.25) is 5.78 Å². The zero-order valence-corrected chi connectivity index (χ0v) is 32.3. The molecule has 52 heavy (non-hydrogen) atoms. The van der Waals surface area contributed by atoms with E-state index in [9.17, 15) is 5.11 Å². The number of ether oxygens (including phenoxy) is 2. The number of aromatic nitrogens is 1. The Morgan fingerprint density at radius 3 is 2.37 bits per heavy atom. The normalized spacial score (nSPS) is 22.9. The average Bonchev–Trinajstić information content (AvgIpc) is 3.51. The summed E-state index contributed by atoms with van der Waals surface area (Å²) in [5.41, 5.74) is 1.50. The largest absolute Gasteiger partial charge is 0.508 e. The number of carbonyl (C=O) groups is 2. The van der Waals surface area contributed by atoms with Gasteiger partial charge in [0.25, 0.3) is 5.88 Å². The number of aliphatic hydroxyl groups is 1. The molecule has 0 spiro atoms. The first-order chi connectivity index (χ1) is 24.6. The number of Topliss-reactive ketones (excluding diaryl/α,β-unsaturated/α-hetero) is 2. The Morgan fingerprint density at radius 2 is 1.71 bits per heavy atom. The first-order valence-electron chi connectivity index (χ1n) is 18.0. The van der Waals surface area contributed by atoms with E-state index < -0.39 is 37.6 Å². The van der Waals surface area contributed by atoms with Crippen LogP contribution in [0.15, 0.2) is 83.1 Å². The lowest BCUT2D eigenvalue weighted by molar-refractivity contribution is -0.0480. The van der Waals surface area contributed by atoms with E-state index in [1.165, 1.54) is 0 Å². The maximum absolute atomic E-state index is 15.5. The first-order valence-corrected chi connectivity index (χ1v) is 20.9. The fourth-order valence-corrected chi connectivity index (χ4v) is 9.76. The molecule has 3 aliphatic rings. The number of allylic oxidation sites excluding steroid dienone is 1. The number of ketones is 2. The zero-order valence-electron chi connectivity index (χ0n) is 31.3. The second-order valence-corrected chi connectivity index (χ2v) is 20.8. The molecule has 0 bridgehead atoms. The molecule has 9 nitrogen and oxygen atoms in total. The monoisotopic (exact) mass is 720 g/mol. The minimum atomic E-state index is -2.83. The molecule has 0 saturated heterocycles. The summed E-state index contributed by atoms with van der Waals surface area (Å²) in [5.74, 6) is -1.08. The number of aryl methyl sites for hydroxylation is 1. The molecule has 3 aromatic carbocycles. The topological polar surface area (TPSA) is 111 Å². The van der Waals surface area contributed by atoms with Gasteiger partial charge in [0, 0.05) is 28.0 Å². The number of nitrogens with zero attached hydrogens (tertiary/aromatic N) is 2. The summed E-state index contributed by atoms with van der Waals surface area (Å²) in [7, 11) is 1.00. The Balaban J connectivity index is 1.47. The van der Waals surface area contributed by atoms with Crippen LogP contribution in [0.2, 0.25) is 18.1 Å². The third-order valence-electron chi connectivity index (χ3n) is 11.8. The molecule has 1 N–H and O–H groups in total. The summed E-state index contributed by atoms with van der Waals surface area (Å²) < 4.78 is 25.8. The molecule has 10 heteroatoms. The van der Waals surface area contributed by atoms with Crippen molar-refractivity contribution in [2.75, 3.05) is 20.7 Å². The highest BCUT2D eigenvalue weighted by molar-refractivity contribution is 6.74. The molecular formula is C42H48N2O7Si. The van der Waals surface area contributed by atoms with Crippen molar-refractivity contribution in [3.8, 4) is 11.6 Å². The predicted molar refractivity (Wildman–Crippen MR) is 203 cm³/mol. The van der Waals surface area contributed by atoms with Gasteiger partial charge in [-0.05, 0) is 79.6 Å². The minimum absolute atomic E-state index is 0.0407. The molecule has 0 unspecified atom stereocenters. The molecule has 0 amide bonds. The van der Waals surface area contributed by atoms with E-state index in [0.29, 0.717) is 29.9 Å². The lowest BCUT2D eigenvalue weighted by Gasteiger charge is -2.55. The van der Waals surface area contributed by atoms with E-state index in [1.54, 1.807) is 6.08 Å². The SMILES string of the molecule is C=CCOc1c2c(c(C)c3ccccc13)C(=O)C1=C(O)[C@]3(O[Si](C)(C)C(C)(C)C)C(=O)c4c(OCc5ccccc5)noc4[C@@H](N(C)C)[C@@H]3C[C@@H]1C2. The third kappa shape index (κ3) is 5.37. The molecule has 4 aromatic rings. The van der Waals surface area contributed by atoms with Gasteiger partial charge in [0.15, 0.2) is 25.5 Å². The number of hydrogen-bond acceptors (Lipinski definition) is 9. The molecule has 272 valence electrons. The Hall–Kier alpha value is -4.51. The molecule has 1 aromatic heterocycles. The van der Waals surface area contributed by atoms with Gasteiger partial charge in [-0.15, -0.1) is 0 Å². The van der Waals surface area contributed by atoms with Gasteiger partial charge < -0.3 is 23.5 Å². The number of carbonyl (C=O) groups excluding carboxylic acids is 2. The second-order valence-electron chi connectivity index (χ2n) is 16.1. The van der Waals surface area contributed by atoms with E-state index in [-0.39, 0.29) is 46.8 Å².